The average molecular weight is 1120 g/mol. The summed E-state index contributed by atoms with van der Waals surface area (Å²) < 4.78 is 16.9. The maximum absolute atomic E-state index is 12.9. The molecule has 0 N–H and O–H groups in total. The van der Waals surface area contributed by atoms with Crippen molar-refractivity contribution < 1.29 is 28.6 Å². The van der Waals surface area contributed by atoms with Gasteiger partial charge in [0.2, 0.25) is 0 Å². The van der Waals surface area contributed by atoms with Gasteiger partial charge < -0.3 is 14.2 Å². The van der Waals surface area contributed by atoms with Crippen molar-refractivity contribution in [1.82, 2.24) is 0 Å². The number of esters is 3. The molecule has 0 spiro atoms. The van der Waals surface area contributed by atoms with Crippen LogP contribution in [0.4, 0.5) is 0 Å². The summed E-state index contributed by atoms with van der Waals surface area (Å²) in [7, 11) is 0. The smallest absolute Gasteiger partial charge is 0.306 e. The highest BCUT2D eigenvalue weighted by molar-refractivity contribution is 5.71. The van der Waals surface area contributed by atoms with E-state index >= 15 is 0 Å². The van der Waals surface area contributed by atoms with Crippen LogP contribution in [-0.4, -0.2) is 37.2 Å². The SMILES string of the molecule is CC/C=C\C/C=C\C/C=C\C/C=C\C/C=C\CCCCCC(=O)OC(COC(=O)CCCCCC/C=C\C/C=C\C/C=C\C/C=C\CC)COC(=O)CCCCCCCCCCCCCCCC/C=C\C/C=C\C/C=C\C/C=C\CC. The molecule has 1 unspecified atom stereocenters. The van der Waals surface area contributed by atoms with Gasteiger partial charge >= 0.3 is 17.9 Å². The van der Waals surface area contributed by atoms with E-state index in [-0.39, 0.29) is 37.5 Å². The van der Waals surface area contributed by atoms with Crippen LogP contribution in [0.1, 0.15) is 278 Å². The monoisotopic (exact) mass is 1120 g/mol. The number of unbranched alkanes of at least 4 members (excludes halogenated alkanes) is 21. The number of rotatable bonds is 58. The van der Waals surface area contributed by atoms with E-state index in [1.54, 1.807) is 0 Å². The summed E-state index contributed by atoms with van der Waals surface area (Å²) in [5, 5.41) is 0. The first-order valence-electron chi connectivity index (χ1n) is 33.0. The highest BCUT2D eigenvalue weighted by Gasteiger charge is 2.19. The molecule has 6 heteroatoms. The zero-order valence-electron chi connectivity index (χ0n) is 52.2. The summed E-state index contributed by atoms with van der Waals surface area (Å²) in [4.78, 5) is 38.4. The minimum absolute atomic E-state index is 0.105. The Labute approximate surface area is 499 Å². The molecule has 0 aliphatic rings. The summed E-state index contributed by atoms with van der Waals surface area (Å²) >= 11 is 0. The summed E-state index contributed by atoms with van der Waals surface area (Å²) in [6.07, 6.45) is 98.2. The van der Waals surface area contributed by atoms with E-state index in [0.29, 0.717) is 19.3 Å². The van der Waals surface area contributed by atoms with Crippen LogP contribution in [0.2, 0.25) is 0 Å². The third-order valence-electron chi connectivity index (χ3n) is 13.5. The summed E-state index contributed by atoms with van der Waals surface area (Å²) in [5.74, 6) is -0.963. The molecule has 0 rings (SSSR count). The predicted molar refractivity (Wildman–Crippen MR) is 352 cm³/mol. The third-order valence-corrected chi connectivity index (χ3v) is 13.5. The second kappa shape index (κ2) is 67.5. The molecule has 0 saturated heterocycles. The first kappa shape index (κ1) is 76.0. The topological polar surface area (TPSA) is 78.9 Å². The van der Waals surface area contributed by atoms with Crippen molar-refractivity contribution in [2.75, 3.05) is 13.2 Å². The molecule has 0 saturated carbocycles. The lowest BCUT2D eigenvalue weighted by molar-refractivity contribution is -0.167. The van der Waals surface area contributed by atoms with Crippen LogP contribution in [0.5, 0.6) is 0 Å². The second-order valence-electron chi connectivity index (χ2n) is 21.2. The summed E-state index contributed by atoms with van der Waals surface area (Å²) in [6.45, 7) is 6.26. The molecule has 81 heavy (non-hydrogen) atoms. The minimum Gasteiger partial charge on any atom is -0.462 e. The van der Waals surface area contributed by atoms with Crippen LogP contribution in [0, 0.1) is 0 Å². The van der Waals surface area contributed by atoms with Gasteiger partial charge in [0.05, 0.1) is 0 Å². The van der Waals surface area contributed by atoms with Gasteiger partial charge in [-0.2, -0.15) is 0 Å². The Morgan fingerprint density at radius 2 is 0.444 bits per heavy atom. The largest absolute Gasteiger partial charge is 0.462 e. The maximum Gasteiger partial charge on any atom is 0.306 e. The number of carbonyl (C=O) groups excluding carboxylic acids is 3. The lowest BCUT2D eigenvalue weighted by Gasteiger charge is -2.18. The number of hydrogen-bond donors (Lipinski definition) is 0. The van der Waals surface area contributed by atoms with Crippen molar-refractivity contribution in [3.63, 3.8) is 0 Å². The highest BCUT2D eigenvalue weighted by atomic mass is 16.6. The highest BCUT2D eigenvalue weighted by Crippen LogP contribution is 2.16. The molecule has 0 bridgehead atoms. The van der Waals surface area contributed by atoms with E-state index in [9.17, 15) is 14.4 Å². The van der Waals surface area contributed by atoms with Gasteiger partial charge in [0, 0.05) is 19.3 Å². The zero-order valence-corrected chi connectivity index (χ0v) is 52.2. The molecular weight excluding hydrogens is 997 g/mol. The van der Waals surface area contributed by atoms with Crippen molar-refractivity contribution in [1.29, 1.82) is 0 Å². The van der Waals surface area contributed by atoms with Crippen molar-refractivity contribution >= 4 is 17.9 Å². The predicted octanol–water partition coefficient (Wildman–Crippen LogP) is 22.9. The van der Waals surface area contributed by atoms with Crippen molar-refractivity contribution in [2.45, 2.75) is 284 Å². The lowest BCUT2D eigenvalue weighted by Crippen LogP contribution is -2.30. The molecule has 0 aromatic heterocycles. The molecule has 0 radical (unpaired) electrons. The van der Waals surface area contributed by atoms with E-state index in [4.69, 9.17) is 14.2 Å². The first-order chi connectivity index (χ1) is 40.0. The van der Waals surface area contributed by atoms with Crippen LogP contribution in [0.25, 0.3) is 0 Å². The Kier molecular flexibility index (Phi) is 63.4. The number of hydrogen-bond acceptors (Lipinski definition) is 6. The van der Waals surface area contributed by atoms with E-state index in [1.165, 1.54) is 77.0 Å². The van der Waals surface area contributed by atoms with Gasteiger partial charge in [-0.3, -0.25) is 14.4 Å². The van der Waals surface area contributed by atoms with Gasteiger partial charge in [0.1, 0.15) is 13.2 Å². The van der Waals surface area contributed by atoms with Gasteiger partial charge in [-0.1, -0.05) is 275 Å². The molecule has 1 atom stereocenters. The minimum atomic E-state index is -0.815. The Morgan fingerprint density at radius 1 is 0.247 bits per heavy atom. The lowest BCUT2D eigenvalue weighted by atomic mass is 10.0. The fourth-order valence-corrected chi connectivity index (χ4v) is 8.69. The van der Waals surface area contributed by atoms with Gasteiger partial charge in [0.15, 0.2) is 6.10 Å². The molecule has 6 nitrogen and oxygen atoms in total. The van der Waals surface area contributed by atoms with E-state index in [0.717, 1.165) is 154 Å². The van der Waals surface area contributed by atoms with Gasteiger partial charge in [-0.15, -0.1) is 0 Å². The number of carbonyl (C=O) groups is 3. The number of allylic oxidation sites excluding steroid dienone is 26. The van der Waals surface area contributed by atoms with Crippen LogP contribution >= 0.6 is 0 Å². The Bertz CT molecular complexity index is 1810. The van der Waals surface area contributed by atoms with Crippen LogP contribution in [-0.2, 0) is 28.6 Å². The zero-order chi connectivity index (χ0) is 58.5. The fraction of sp³-hybridized carbons (Fsp3) is 0.613. The quantitative estimate of drug-likeness (QED) is 0.0261. The maximum atomic E-state index is 12.9. The molecule has 0 aliphatic heterocycles. The Balaban J connectivity index is 4.43. The van der Waals surface area contributed by atoms with Gasteiger partial charge in [-0.25, -0.2) is 0 Å². The molecular formula is C75H120O6. The van der Waals surface area contributed by atoms with Gasteiger partial charge in [0.25, 0.3) is 0 Å². The van der Waals surface area contributed by atoms with Crippen LogP contribution in [0.15, 0.2) is 158 Å². The van der Waals surface area contributed by atoms with E-state index in [2.05, 4.69) is 179 Å². The van der Waals surface area contributed by atoms with Crippen molar-refractivity contribution in [3.8, 4) is 0 Å². The van der Waals surface area contributed by atoms with Crippen molar-refractivity contribution in [3.05, 3.63) is 158 Å². The Morgan fingerprint density at radius 3 is 0.704 bits per heavy atom. The molecule has 0 amide bonds. The van der Waals surface area contributed by atoms with Crippen molar-refractivity contribution in [2.24, 2.45) is 0 Å². The molecule has 0 aromatic rings. The summed E-state index contributed by atoms with van der Waals surface area (Å²) in [5.41, 5.74) is 0. The standard InChI is InChI=1S/C75H120O6/c1-4-7-10-13-16-19-22-25-28-31-33-34-35-36-37-38-39-40-42-44-47-50-53-56-59-62-65-68-74(77)80-71-72(70-79-73(76)67-64-61-58-55-52-49-46-43-30-27-24-21-18-15-12-9-6-3)81-75(78)69-66-63-60-57-54-51-48-45-41-32-29-26-23-20-17-14-11-8-5-2/h7-12,16-21,25-30,33-34,41,45-46,49,51,54,72H,4-6,13-15,22-24,31-32,35-40,42-44,47-48,50,52-53,55-71H2,1-3H3/b10-7-,11-8-,12-9-,19-16-,20-17-,21-18-,28-25-,29-26-,30-27-,34-33-,45-41-,49-46-,54-51-. The Hall–Kier alpha value is -4.97. The molecule has 0 aromatic carbocycles. The van der Waals surface area contributed by atoms with E-state index < -0.39 is 6.10 Å². The van der Waals surface area contributed by atoms with Crippen LogP contribution in [0.3, 0.4) is 0 Å². The molecule has 0 heterocycles. The number of ether oxygens (including phenoxy) is 3. The van der Waals surface area contributed by atoms with E-state index in [1.807, 2.05) is 0 Å². The normalized spacial score (nSPS) is 13.2. The average Bonchev–Trinajstić information content (AvgIpc) is 3.47. The third kappa shape index (κ3) is 65.7. The van der Waals surface area contributed by atoms with Crippen LogP contribution < -0.4 is 0 Å². The summed E-state index contributed by atoms with van der Waals surface area (Å²) in [6, 6.07) is 0. The molecule has 0 fully saturated rings. The molecule has 456 valence electrons. The van der Waals surface area contributed by atoms with Gasteiger partial charge in [-0.05, 0) is 141 Å². The second-order valence-corrected chi connectivity index (χ2v) is 21.2. The molecule has 0 aliphatic carbocycles. The first-order valence-corrected chi connectivity index (χ1v) is 33.0. The fourth-order valence-electron chi connectivity index (χ4n) is 8.69.